The first-order valence-corrected chi connectivity index (χ1v) is 3.62. The zero-order valence-corrected chi connectivity index (χ0v) is 9.57. The smallest absolute Gasteiger partial charge is 0.339 e. The minimum absolute atomic E-state index is 0. The average molecular weight is 375 g/mol. The van der Waals surface area contributed by atoms with Crippen LogP contribution >= 0.6 is 0 Å². The quantitative estimate of drug-likeness (QED) is 0.626. The van der Waals surface area contributed by atoms with E-state index in [0.29, 0.717) is 0 Å². The number of benzene rings is 1. The number of carbonyl (C=O) groups excluding carboxylic acids is 1. The summed E-state index contributed by atoms with van der Waals surface area (Å²) in [6.07, 6.45) is 0. The predicted molar refractivity (Wildman–Crippen MR) is 44.7 cm³/mol. The topological polar surface area (TPSA) is 63.6 Å². The van der Waals surface area contributed by atoms with E-state index in [1.807, 2.05) is 0 Å². The van der Waals surface area contributed by atoms with E-state index in [4.69, 9.17) is 5.11 Å². The van der Waals surface area contributed by atoms with E-state index >= 15 is 0 Å². The van der Waals surface area contributed by atoms with Gasteiger partial charge in [-0.15, -0.1) is 0 Å². The van der Waals surface area contributed by atoms with Crippen molar-refractivity contribution in [3.05, 3.63) is 29.8 Å². The molecule has 14 heavy (non-hydrogen) atoms. The molecule has 0 aliphatic carbocycles. The van der Waals surface area contributed by atoms with Crippen LogP contribution in [0, 0.1) is 0 Å². The molecule has 4 nitrogen and oxygen atoms in total. The normalized spacial score (nSPS) is 8.64. The predicted octanol–water partition coefficient (Wildman–Crippen LogP) is 1.31. The SMILES string of the molecule is CC(=O)Oc1ccccc1C(=O)O.[Pt]. The first kappa shape index (κ1) is 12.8. The molecular weight excluding hydrogens is 367 g/mol. The van der Waals surface area contributed by atoms with E-state index in [0.717, 1.165) is 0 Å². The summed E-state index contributed by atoms with van der Waals surface area (Å²) in [5.41, 5.74) is -0.0160. The number of ether oxygens (including phenoxy) is 1. The Morgan fingerprint density at radius 2 is 1.86 bits per heavy atom. The Bertz CT molecular complexity index is 348. The summed E-state index contributed by atoms with van der Waals surface area (Å²) in [5.74, 6) is -1.58. The minimum atomic E-state index is -1.11. The van der Waals surface area contributed by atoms with Crippen LogP contribution in [0.3, 0.4) is 0 Å². The largest absolute Gasteiger partial charge is 0.478 e. The van der Waals surface area contributed by atoms with Crippen molar-refractivity contribution in [2.45, 2.75) is 6.92 Å². The molecule has 0 saturated heterocycles. The van der Waals surface area contributed by atoms with Gasteiger partial charge in [0.25, 0.3) is 0 Å². The van der Waals surface area contributed by atoms with Gasteiger partial charge in [-0.25, -0.2) is 4.79 Å². The van der Waals surface area contributed by atoms with Crippen LogP contribution < -0.4 is 4.74 Å². The van der Waals surface area contributed by atoms with Gasteiger partial charge < -0.3 is 9.84 Å². The number of carbonyl (C=O) groups is 2. The van der Waals surface area contributed by atoms with Gasteiger partial charge in [0.2, 0.25) is 0 Å². The Hall–Kier alpha value is -1.15. The molecular formula is C9H8O4Pt. The zero-order chi connectivity index (χ0) is 9.84. The van der Waals surface area contributed by atoms with Gasteiger partial charge in [-0.05, 0) is 12.1 Å². The summed E-state index contributed by atoms with van der Waals surface area (Å²) >= 11 is 0. The van der Waals surface area contributed by atoms with Crippen LogP contribution in [0.1, 0.15) is 17.3 Å². The summed E-state index contributed by atoms with van der Waals surface area (Å²) in [7, 11) is 0. The monoisotopic (exact) mass is 375 g/mol. The number of hydrogen-bond acceptors (Lipinski definition) is 3. The van der Waals surface area contributed by atoms with Gasteiger partial charge in [-0.1, -0.05) is 12.1 Å². The summed E-state index contributed by atoms with van der Waals surface area (Å²) in [5, 5.41) is 8.69. The van der Waals surface area contributed by atoms with Crippen molar-refractivity contribution in [1.29, 1.82) is 0 Å². The second-order valence-corrected chi connectivity index (χ2v) is 2.39. The van der Waals surface area contributed by atoms with E-state index in [9.17, 15) is 9.59 Å². The van der Waals surface area contributed by atoms with Crippen LogP contribution in [-0.4, -0.2) is 17.0 Å². The molecule has 5 heteroatoms. The molecule has 0 unspecified atom stereocenters. The Labute approximate surface area is 95.1 Å². The molecule has 0 aromatic heterocycles. The third kappa shape index (κ3) is 3.30. The zero-order valence-electron chi connectivity index (χ0n) is 7.30. The van der Waals surface area contributed by atoms with Crippen LogP contribution in [0.5, 0.6) is 5.75 Å². The molecule has 0 heterocycles. The molecule has 0 atom stereocenters. The molecule has 1 N–H and O–H groups in total. The first-order valence-electron chi connectivity index (χ1n) is 3.62. The number of carboxylic acid groups (broad SMARTS) is 1. The molecule has 0 bridgehead atoms. The van der Waals surface area contributed by atoms with Gasteiger partial charge in [-0.2, -0.15) is 0 Å². The molecule has 1 aromatic rings. The molecule has 78 valence electrons. The second-order valence-electron chi connectivity index (χ2n) is 2.39. The molecule has 0 aliphatic rings. The van der Waals surface area contributed by atoms with Crippen molar-refractivity contribution in [1.82, 2.24) is 0 Å². The Kier molecular flexibility index (Phi) is 5.09. The maximum Gasteiger partial charge on any atom is 0.339 e. The van der Waals surface area contributed by atoms with Crippen LogP contribution in [0.25, 0.3) is 0 Å². The number of aromatic carboxylic acids is 1. The second kappa shape index (κ2) is 5.55. The average Bonchev–Trinajstić information content (AvgIpc) is 2.03. The van der Waals surface area contributed by atoms with Gasteiger partial charge in [0.05, 0.1) is 0 Å². The number of esters is 1. The maximum atomic E-state index is 10.6. The van der Waals surface area contributed by atoms with Gasteiger partial charge in [0, 0.05) is 28.0 Å². The number of hydrogen-bond donors (Lipinski definition) is 1. The molecule has 0 saturated carbocycles. The van der Waals surface area contributed by atoms with Gasteiger partial charge in [0.15, 0.2) is 0 Å². The Balaban J connectivity index is 0.00000169. The van der Waals surface area contributed by atoms with E-state index in [-0.39, 0.29) is 32.4 Å². The van der Waals surface area contributed by atoms with E-state index in [2.05, 4.69) is 4.74 Å². The van der Waals surface area contributed by atoms with E-state index < -0.39 is 11.9 Å². The summed E-state index contributed by atoms with van der Waals surface area (Å²) in [6.45, 7) is 1.22. The third-order valence-electron chi connectivity index (χ3n) is 1.37. The van der Waals surface area contributed by atoms with Crippen molar-refractivity contribution in [3.8, 4) is 5.75 Å². The van der Waals surface area contributed by atoms with Crippen molar-refractivity contribution < 1.29 is 40.5 Å². The fourth-order valence-electron chi connectivity index (χ4n) is 0.887. The van der Waals surface area contributed by atoms with Gasteiger partial charge >= 0.3 is 11.9 Å². The van der Waals surface area contributed by atoms with Crippen LogP contribution in [0.15, 0.2) is 24.3 Å². The summed E-state index contributed by atoms with van der Waals surface area (Å²) < 4.78 is 4.69. The van der Waals surface area contributed by atoms with Crippen molar-refractivity contribution >= 4 is 11.9 Å². The van der Waals surface area contributed by atoms with Gasteiger partial charge in [0.1, 0.15) is 11.3 Å². The van der Waals surface area contributed by atoms with Crippen LogP contribution in [0.4, 0.5) is 0 Å². The number of rotatable bonds is 2. The number of carboxylic acids is 1. The molecule has 1 rings (SSSR count). The van der Waals surface area contributed by atoms with E-state index in [1.54, 1.807) is 12.1 Å². The fourth-order valence-corrected chi connectivity index (χ4v) is 0.887. The minimum Gasteiger partial charge on any atom is -0.478 e. The molecule has 0 spiro atoms. The Morgan fingerprint density at radius 3 is 2.36 bits per heavy atom. The summed E-state index contributed by atoms with van der Waals surface area (Å²) in [6, 6.07) is 5.98. The maximum absolute atomic E-state index is 10.6. The summed E-state index contributed by atoms with van der Waals surface area (Å²) in [4.78, 5) is 21.2. The van der Waals surface area contributed by atoms with Gasteiger partial charge in [-0.3, -0.25) is 4.79 Å². The van der Waals surface area contributed by atoms with Crippen molar-refractivity contribution in [2.24, 2.45) is 0 Å². The molecule has 0 amide bonds. The van der Waals surface area contributed by atoms with Crippen LogP contribution in [0.2, 0.25) is 0 Å². The molecule has 0 fully saturated rings. The standard InChI is InChI=1S/C9H8O4.Pt/c1-6(10)13-8-5-3-2-4-7(8)9(11)12;/h2-5H,1H3,(H,11,12);. The molecule has 0 aliphatic heterocycles. The Morgan fingerprint density at radius 1 is 1.29 bits per heavy atom. The molecule has 1 aromatic carbocycles. The van der Waals surface area contributed by atoms with Crippen molar-refractivity contribution in [3.63, 3.8) is 0 Å². The van der Waals surface area contributed by atoms with E-state index in [1.165, 1.54) is 19.1 Å². The fraction of sp³-hybridized carbons (Fsp3) is 0.111. The third-order valence-corrected chi connectivity index (χ3v) is 1.37. The molecule has 0 radical (unpaired) electrons. The van der Waals surface area contributed by atoms with Crippen molar-refractivity contribution in [2.75, 3.05) is 0 Å². The first-order chi connectivity index (χ1) is 6.11. The van der Waals surface area contributed by atoms with Crippen LogP contribution in [-0.2, 0) is 25.9 Å². The number of para-hydroxylation sites is 1.